The van der Waals surface area contributed by atoms with Crippen molar-refractivity contribution in [1.82, 2.24) is 19.5 Å². The second-order valence-electron chi connectivity index (χ2n) is 6.75. The minimum Gasteiger partial charge on any atom is -0.305 e. The zero-order valence-electron chi connectivity index (χ0n) is 14.4. The Morgan fingerprint density at radius 3 is 2.50 bits per heavy atom. The number of imidazole rings is 1. The highest BCUT2D eigenvalue weighted by molar-refractivity contribution is 9.10. The van der Waals surface area contributed by atoms with Gasteiger partial charge >= 0.3 is 0 Å². The molecular weight excluding hydrogens is 463 g/mol. The van der Waals surface area contributed by atoms with E-state index in [9.17, 15) is 4.79 Å². The Hall–Kier alpha value is -2.15. The molecule has 2 aromatic carbocycles. The number of rotatable bonds is 3. The molecule has 140 valence electrons. The van der Waals surface area contributed by atoms with Crippen molar-refractivity contribution < 1.29 is 0 Å². The highest BCUT2D eigenvalue weighted by Crippen LogP contribution is 2.41. The highest BCUT2D eigenvalue weighted by atomic mass is 79.9. The van der Waals surface area contributed by atoms with Gasteiger partial charge in [0.25, 0.3) is 5.56 Å². The van der Waals surface area contributed by atoms with Crippen LogP contribution < -0.4 is 5.56 Å². The van der Waals surface area contributed by atoms with Crippen molar-refractivity contribution in [3.8, 4) is 22.8 Å². The summed E-state index contributed by atoms with van der Waals surface area (Å²) in [5.41, 5.74) is 2.19. The zero-order valence-corrected chi connectivity index (χ0v) is 17.5. The first-order chi connectivity index (χ1) is 13.5. The van der Waals surface area contributed by atoms with Crippen LogP contribution in [0.3, 0.4) is 0 Å². The predicted molar refractivity (Wildman–Crippen MR) is 115 cm³/mol. The Morgan fingerprint density at radius 1 is 1.07 bits per heavy atom. The topological polar surface area (TPSA) is 63.6 Å². The van der Waals surface area contributed by atoms with E-state index in [0.29, 0.717) is 38.6 Å². The Balaban J connectivity index is 1.77. The molecule has 0 bridgehead atoms. The molecule has 4 aromatic rings. The molecule has 5 rings (SSSR count). The average Bonchev–Trinajstić information content (AvgIpc) is 3.42. The minimum atomic E-state index is -0.288. The van der Waals surface area contributed by atoms with Crippen molar-refractivity contribution >= 4 is 50.3 Å². The van der Waals surface area contributed by atoms with Gasteiger partial charge in [-0.1, -0.05) is 51.3 Å². The van der Waals surface area contributed by atoms with Crippen molar-refractivity contribution in [2.45, 2.75) is 18.9 Å². The van der Waals surface area contributed by atoms with E-state index in [0.717, 1.165) is 28.7 Å². The molecule has 1 aliphatic rings. The first-order valence-corrected chi connectivity index (χ1v) is 10.3. The third-order valence-corrected chi connectivity index (χ3v) is 5.83. The molecule has 1 saturated carbocycles. The van der Waals surface area contributed by atoms with Gasteiger partial charge in [0.15, 0.2) is 11.2 Å². The quantitative estimate of drug-likeness (QED) is 0.403. The molecular formula is C20H13BrCl2N4O. The molecule has 8 heteroatoms. The van der Waals surface area contributed by atoms with Crippen LogP contribution in [0, 0.1) is 0 Å². The van der Waals surface area contributed by atoms with Crippen LogP contribution in [0.15, 0.2) is 51.7 Å². The van der Waals surface area contributed by atoms with Crippen LogP contribution >= 0.6 is 39.1 Å². The number of hydrogen-bond donors (Lipinski definition) is 1. The third kappa shape index (κ3) is 3.05. The number of aromatic nitrogens is 4. The number of halogens is 3. The van der Waals surface area contributed by atoms with E-state index in [4.69, 9.17) is 28.2 Å². The number of nitrogens with one attached hydrogen (secondary N) is 1. The molecule has 1 N–H and O–H groups in total. The molecule has 0 atom stereocenters. The van der Waals surface area contributed by atoms with Gasteiger partial charge in [0.2, 0.25) is 0 Å². The smallest absolute Gasteiger partial charge is 0.279 e. The lowest BCUT2D eigenvalue weighted by atomic mass is 10.2. The minimum absolute atomic E-state index is 0.288. The lowest BCUT2D eigenvalue weighted by Gasteiger charge is -2.08. The van der Waals surface area contributed by atoms with E-state index in [1.54, 1.807) is 18.2 Å². The number of nitrogens with zero attached hydrogens (tertiary/aromatic N) is 3. The van der Waals surface area contributed by atoms with Crippen LogP contribution in [0.5, 0.6) is 0 Å². The molecule has 2 heterocycles. The average molecular weight is 476 g/mol. The lowest BCUT2D eigenvalue weighted by molar-refractivity contribution is 0.766. The third-order valence-electron chi connectivity index (χ3n) is 4.75. The summed E-state index contributed by atoms with van der Waals surface area (Å²) in [4.78, 5) is 25.0. The van der Waals surface area contributed by atoms with E-state index < -0.39 is 0 Å². The zero-order chi connectivity index (χ0) is 19.4. The molecule has 0 radical (unpaired) electrons. The van der Waals surface area contributed by atoms with Gasteiger partial charge in [-0.3, -0.25) is 4.79 Å². The SMILES string of the molecule is O=c1[nH]c(-c2ccc(Cl)cc2Cl)nc2c1nc(-c1ccc(Br)cc1)n2C1CC1. The summed E-state index contributed by atoms with van der Waals surface area (Å²) in [6.45, 7) is 0. The molecule has 5 nitrogen and oxygen atoms in total. The molecule has 0 unspecified atom stereocenters. The maximum atomic E-state index is 12.8. The van der Waals surface area contributed by atoms with Gasteiger partial charge in [0, 0.05) is 26.7 Å². The summed E-state index contributed by atoms with van der Waals surface area (Å²) in [6, 6.07) is 13.3. The summed E-state index contributed by atoms with van der Waals surface area (Å²) in [5, 5.41) is 0.957. The fraction of sp³-hybridized carbons (Fsp3) is 0.150. The van der Waals surface area contributed by atoms with Crippen LogP contribution in [0.1, 0.15) is 18.9 Å². The molecule has 2 aromatic heterocycles. The Morgan fingerprint density at radius 2 is 1.82 bits per heavy atom. The van der Waals surface area contributed by atoms with Crippen LogP contribution in [0.2, 0.25) is 10.0 Å². The first-order valence-electron chi connectivity index (χ1n) is 8.75. The summed E-state index contributed by atoms with van der Waals surface area (Å²) < 4.78 is 3.06. The van der Waals surface area contributed by atoms with Gasteiger partial charge in [-0.15, -0.1) is 0 Å². The normalized spacial score (nSPS) is 14.0. The van der Waals surface area contributed by atoms with E-state index in [-0.39, 0.29) is 5.56 Å². The van der Waals surface area contributed by atoms with Crippen LogP contribution in [0.25, 0.3) is 33.9 Å². The predicted octanol–water partition coefficient (Wildman–Crippen LogP) is 5.86. The second kappa shape index (κ2) is 6.72. The largest absolute Gasteiger partial charge is 0.305 e. The number of fused-ring (bicyclic) bond motifs is 1. The molecule has 1 aliphatic carbocycles. The Kier molecular flexibility index (Phi) is 4.30. The number of hydrogen-bond acceptors (Lipinski definition) is 3. The van der Waals surface area contributed by atoms with Crippen LogP contribution in [0.4, 0.5) is 0 Å². The van der Waals surface area contributed by atoms with E-state index in [1.165, 1.54) is 0 Å². The maximum absolute atomic E-state index is 12.8. The lowest BCUT2D eigenvalue weighted by Crippen LogP contribution is -2.11. The van der Waals surface area contributed by atoms with E-state index in [1.807, 2.05) is 24.3 Å². The molecule has 0 spiro atoms. The summed E-state index contributed by atoms with van der Waals surface area (Å²) in [6.07, 6.45) is 2.08. The highest BCUT2D eigenvalue weighted by Gasteiger charge is 2.30. The molecule has 0 amide bonds. The summed E-state index contributed by atoms with van der Waals surface area (Å²) in [7, 11) is 0. The van der Waals surface area contributed by atoms with Crippen LogP contribution in [-0.4, -0.2) is 19.5 Å². The fourth-order valence-electron chi connectivity index (χ4n) is 3.27. The van der Waals surface area contributed by atoms with E-state index in [2.05, 4.69) is 30.5 Å². The molecule has 0 aliphatic heterocycles. The molecule has 0 saturated heterocycles. The van der Waals surface area contributed by atoms with Crippen molar-refractivity contribution in [3.63, 3.8) is 0 Å². The summed E-state index contributed by atoms with van der Waals surface area (Å²) >= 11 is 15.8. The Bertz CT molecular complexity index is 1280. The van der Waals surface area contributed by atoms with Gasteiger partial charge in [-0.2, -0.15) is 0 Å². The van der Waals surface area contributed by atoms with Gasteiger partial charge < -0.3 is 9.55 Å². The number of H-pyrrole nitrogens is 1. The van der Waals surface area contributed by atoms with Gasteiger partial charge in [-0.05, 0) is 43.2 Å². The molecule has 1 fully saturated rings. The second-order valence-corrected chi connectivity index (χ2v) is 8.51. The van der Waals surface area contributed by atoms with Gasteiger partial charge in [0.05, 0.1) is 5.02 Å². The first kappa shape index (κ1) is 17.9. The monoisotopic (exact) mass is 474 g/mol. The van der Waals surface area contributed by atoms with Crippen molar-refractivity contribution in [1.29, 1.82) is 0 Å². The number of aromatic amines is 1. The van der Waals surface area contributed by atoms with E-state index >= 15 is 0 Å². The van der Waals surface area contributed by atoms with Crippen molar-refractivity contribution in [2.24, 2.45) is 0 Å². The van der Waals surface area contributed by atoms with Gasteiger partial charge in [0.1, 0.15) is 11.6 Å². The summed E-state index contributed by atoms with van der Waals surface area (Å²) in [5.74, 6) is 1.16. The van der Waals surface area contributed by atoms with Crippen LogP contribution in [-0.2, 0) is 0 Å². The Labute approximate surface area is 178 Å². The van der Waals surface area contributed by atoms with Gasteiger partial charge in [-0.25, -0.2) is 9.97 Å². The maximum Gasteiger partial charge on any atom is 0.279 e. The fourth-order valence-corrected chi connectivity index (χ4v) is 4.04. The van der Waals surface area contributed by atoms with Crippen molar-refractivity contribution in [2.75, 3.05) is 0 Å². The standard InChI is InChI=1S/C20H13BrCl2N4O/c21-11-3-1-10(2-4-11)18-24-16-19(27(18)13-6-7-13)25-17(26-20(16)28)14-8-5-12(22)9-15(14)23/h1-5,8-9,13H,6-7H2,(H,25,26,28). The molecule has 28 heavy (non-hydrogen) atoms. The van der Waals surface area contributed by atoms with Crippen molar-refractivity contribution in [3.05, 3.63) is 67.3 Å². The number of benzene rings is 2.